The zero-order valence-electron chi connectivity index (χ0n) is 8.96. The number of hydrogen-bond donors (Lipinski definition) is 1. The van der Waals surface area contributed by atoms with Crippen LogP contribution >= 0.6 is 15.9 Å². The van der Waals surface area contributed by atoms with Crippen molar-refractivity contribution >= 4 is 21.9 Å². The lowest BCUT2D eigenvalue weighted by atomic mass is 10.8. The minimum atomic E-state index is 0.0928. The van der Waals surface area contributed by atoms with Gasteiger partial charge in [0.25, 0.3) is 5.95 Å². The molecule has 0 aliphatic rings. The lowest BCUT2D eigenvalue weighted by Crippen LogP contribution is -2.08. The van der Waals surface area contributed by atoms with Crippen LogP contribution in [0.5, 0.6) is 12.0 Å². The second-order valence-electron chi connectivity index (χ2n) is 2.76. The second-order valence-corrected chi connectivity index (χ2v) is 3.47. The van der Waals surface area contributed by atoms with Gasteiger partial charge in [-0.05, 0) is 15.9 Å². The summed E-state index contributed by atoms with van der Waals surface area (Å²) in [6, 6.07) is 0.209. The van der Waals surface area contributed by atoms with E-state index in [2.05, 4.69) is 41.0 Å². The molecule has 0 aliphatic heterocycles. The van der Waals surface area contributed by atoms with Crippen molar-refractivity contribution in [3.63, 3.8) is 0 Å². The van der Waals surface area contributed by atoms with E-state index in [1.807, 2.05) is 0 Å². The third-order valence-electron chi connectivity index (χ3n) is 1.72. The third kappa shape index (κ3) is 2.25. The number of nitrogen functional groups attached to an aromatic ring is 1. The summed E-state index contributed by atoms with van der Waals surface area (Å²) in [5, 5.41) is 3.90. The summed E-state index contributed by atoms with van der Waals surface area (Å²) in [4.78, 5) is 15.7. The molecule has 0 amide bonds. The van der Waals surface area contributed by atoms with Gasteiger partial charge in [-0.3, -0.25) is 0 Å². The number of rotatable bonds is 3. The molecule has 2 N–H and O–H groups in total. The fourth-order valence-electron chi connectivity index (χ4n) is 1.04. The molecule has 10 heteroatoms. The van der Waals surface area contributed by atoms with Crippen molar-refractivity contribution in [2.24, 2.45) is 0 Å². The Balaban J connectivity index is 2.54. The van der Waals surface area contributed by atoms with Crippen molar-refractivity contribution in [3.8, 4) is 18.0 Å². The Bertz CT molecular complexity index is 521. The second kappa shape index (κ2) is 4.49. The normalized spacial score (nSPS) is 10.3. The molecule has 0 saturated carbocycles. The minimum Gasteiger partial charge on any atom is -0.467 e. The van der Waals surface area contributed by atoms with E-state index in [0.29, 0.717) is 4.73 Å². The Hall–Kier alpha value is -1.97. The molecule has 2 rings (SSSR count). The van der Waals surface area contributed by atoms with Crippen LogP contribution in [0.4, 0.5) is 5.95 Å². The molecule has 0 saturated heterocycles. The van der Waals surface area contributed by atoms with Crippen LogP contribution in [0, 0.1) is 0 Å². The lowest BCUT2D eigenvalue weighted by molar-refractivity contribution is 0.338. The van der Waals surface area contributed by atoms with Crippen LogP contribution in [0.25, 0.3) is 5.95 Å². The average Bonchev–Trinajstić information content (AvgIpc) is 2.67. The zero-order chi connectivity index (χ0) is 12.4. The Morgan fingerprint density at radius 1 is 1.06 bits per heavy atom. The first-order valence-corrected chi connectivity index (χ1v) is 5.16. The van der Waals surface area contributed by atoms with Gasteiger partial charge in [0.05, 0.1) is 14.2 Å². The van der Waals surface area contributed by atoms with Gasteiger partial charge in [0.15, 0.2) is 0 Å². The van der Waals surface area contributed by atoms with Crippen molar-refractivity contribution in [3.05, 3.63) is 4.73 Å². The van der Waals surface area contributed by atoms with Crippen LogP contribution in [0.15, 0.2) is 4.73 Å². The van der Waals surface area contributed by atoms with Crippen molar-refractivity contribution in [2.45, 2.75) is 0 Å². The molecule has 2 aromatic rings. The zero-order valence-corrected chi connectivity index (χ0v) is 10.5. The van der Waals surface area contributed by atoms with Crippen LogP contribution in [0.1, 0.15) is 0 Å². The van der Waals surface area contributed by atoms with E-state index < -0.39 is 0 Å². The molecule has 0 atom stereocenters. The number of nitrogens with zero attached hydrogens (tertiary/aromatic N) is 6. The molecular formula is C7H8BrN7O2. The van der Waals surface area contributed by atoms with Gasteiger partial charge >= 0.3 is 12.0 Å². The van der Waals surface area contributed by atoms with Crippen LogP contribution in [0.3, 0.4) is 0 Å². The number of aromatic nitrogens is 6. The monoisotopic (exact) mass is 301 g/mol. The smallest absolute Gasteiger partial charge is 0.324 e. The summed E-state index contributed by atoms with van der Waals surface area (Å²) in [6.07, 6.45) is 0. The Morgan fingerprint density at radius 3 is 2.06 bits per heavy atom. The highest BCUT2D eigenvalue weighted by Crippen LogP contribution is 2.16. The van der Waals surface area contributed by atoms with Gasteiger partial charge in [-0.15, -0.1) is 10.1 Å². The van der Waals surface area contributed by atoms with Gasteiger partial charge in [-0.1, -0.05) is 0 Å². The van der Waals surface area contributed by atoms with Gasteiger partial charge in [0.2, 0.25) is 10.7 Å². The molecule has 9 nitrogen and oxygen atoms in total. The van der Waals surface area contributed by atoms with E-state index in [0.717, 1.165) is 0 Å². The number of methoxy groups -OCH3 is 2. The first-order valence-electron chi connectivity index (χ1n) is 4.36. The molecule has 0 bridgehead atoms. The maximum Gasteiger partial charge on any atom is 0.324 e. The molecule has 0 unspecified atom stereocenters. The van der Waals surface area contributed by atoms with Crippen LogP contribution in [0.2, 0.25) is 0 Å². The van der Waals surface area contributed by atoms with Gasteiger partial charge in [-0.2, -0.15) is 19.6 Å². The van der Waals surface area contributed by atoms with E-state index in [-0.39, 0.29) is 23.9 Å². The van der Waals surface area contributed by atoms with Gasteiger partial charge < -0.3 is 15.2 Å². The number of nitrogens with two attached hydrogens (primary N) is 1. The predicted molar refractivity (Wildman–Crippen MR) is 60.0 cm³/mol. The minimum absolute atomic E-state index is 0.0928. The highest BCUT2D eigenvalue weighted by atomic mass is 79.9. The Labute approximate surface area is 104 Å². The number of hydrogen-bond acceptors (Lipinski definition) is 8. The first kappa shape index (κ1) is 11.5. The van der Waals surface area contributed by atoms with Gasteiger partial charge in [0, 0.05) is 0 Å². The fraction of sp³-hybridized carbons (Fsp3) is 0.286. The fourth-order valence-corrected chi connectivity index (χ4v) is 1.46. The third-order valence-corrected chi connectivity index (χ3v) is 2.23. The molecular weight excluding hydrogens is 294 g/mol. The van der Waals surface area contributed by atoms with Crippen LogP contribution < -0.4 is 15.2 Å². The SMILES string of the molecule is COc1nc(OC)nc(-n2nc(N)nc2Br)n1. The van der Waals surface area contributed by atoms with E-state index in [4.69, 9.17) is 15.2 Å². The van der Waals surface area contributed by atoms with E-state index in [1.54, 1.807) is 0 Å². The summed E-state index contributed by atoms with van der Waals surface area (Å²) in [7, 11) is 2.87. The standard InChI is InChI=1S/C7H8BrN7O2/c1-16-6-11-5(12-7(13-6)17-2)15-3(8)10-4(9)14-15/h1-2H3,(H2,9,14). The molecule has 0 fully saturated rings. The predicted octanol–water partition coefficient (Wildman–Crippen LogP) is -0.186. The molecule has 0 aromatic carbocycles. The summed E-state index contributed by atoms with van der Waals surface area (Å²) < 4.78 is 11.5. The summed E-state index contributed by atoms with van der Waals surface area (Å²) in [6.45, 7) is 0. The molecule has 2 heterocycles. The lowest BCUT2D eigenvalue weighted by Gasteiger charge is -2.04. The highest BCUT2D eigenvalue weighted by molar-refractivity contribution is 9.10. The molecule has 2 aromatic heterocycles. The van der Waals surface area contributed by atoms with Crippen molar-refractivity contribution in [1.82, 2.24) is 29.7 Å². The first-order chi connectivity index (χ1) is 8.13. The Kier molecular flexibility index (Phi) is 3.04. The van der Waals surface area contributed by atoms with Crippen LogP contribution in [-0.2, 0) is 0 Å². The summed E-state index contributed by atoms with van der Waals surface area (Å²) in [5.74, 6) is 0.278. The van der Waals surface area contributed by atoms with Gasteiger partial charge in [-0.25, -0.2) is 0 Å². The number of anilines is 1. The van der Waals surface area contributed by atoms with Crippen molar-refractivity contribution < 1.29 is 9.47 Å². The largest absolute Gasteiger partial charge is 0.467 e. The molecule has 17 heavy (non-hydrogen) atoms. The quantitative estimate of drug-likeness (QED) is 0.830. The van der Waals surface area contributed by atoms with Crippen LogP contribution in [-0.4, -0.2) is 43.9 Å². The Morgan fingerprint density at radius 2 is 1.65 bits per heavy atom. The maximum absolute atomic E-state index is 5.45. The van der Waals surface area contributed by atoms with Crippen molar-refractivity contribution in [2.75, 3.05) is 20.0 Å². The summed E-state index contributed by atoms with van der Waals surface area (Å²) >= 11 is 3.17. The average molecular weight is 302 g/mol. The van der Waals surface area contributed by atoms with Crippen molar-refractivity contribution in [1.29, 1.82) is 0 Å². The van der Waals surface area contributed by atoms with E-state index >= 15 is 0 Å². The molecule has 0 aliphatic carbocycles. The van der Waals surface area contributed by atoms with E-state index in [1.165, 1.54) is 18.9 Å². The molecule has 90 valence electrons. The number of ether oxygens (including phenoxy) is 2. The number of halogens is 1. The van der Waals surface area contributed by atoms with E-state index in [9.17, 15) is 0 Å². The molecule has 0 radical (unpaired) electrons. The van der Waals surface area contributed by atoms with Gasteiger partial charge in [0.1, 0.15) is 0 Å². The summed E-state index contributed by atoms with van der Waals surface area (Å²) in [5.41, 5.74) is 5.45. The molecule has 0 spiro atoms. The topological polar surface area (TPSA) is 114 Å². The maximum atomic E-state index is 5.45. The highest BCUT2D eigenvalue weighted by Gasteiger charge is 2.13.